The van der Waals surface area contributed by atoms with Gasteiger partial charge in [0.05, 0.1) is 5.69 Å². The molecule has 0 radical (unpaired) electrons. The molecule has 102 valence electrons. The number of benzene rings is 1. The van der Waals surface area contributed by atoms with Crippen LogP contribution in [0.25, 0.3) is 0 Å². The largest absolute Gasteiger partial charge is 0.398 e. The van der Waals surface area contributed by atoms with Gasteiger partial charge in [-0.25, -0.2) is 0 Å². The van der Waals surface area contributed by atoms with Crippen molar-refractivity contribution in [1.29, 1.82) is 0 Å². The van der Waals surface area contributed by atoms with Crippen molar-refractivity contribution in [3.8, 4) is 0 Å². The van der Waals surface area contributed by atoms with Crippen LogP contribution in [-0.2, 0) is 6.54 Å². The molecule has 0 saturated carbocycles. The molecular weight excluding hydrogens is 236 g/mol. The number of hydrogen-bond acceptors (Lipinski definition) is 3. The summed E-state index contributed by atoms with van der Waals surface area (Å²) in [5, 5.41) is 7.88. The zero-order chi connectivity index (χ0) is 13.8. The molecule has 19 heavy (non-hydrogen) atoms. The van der Waals surface area contributed by atoms with Crippen LogP contribution in [0.4, 0.5) is 11.4 Å². The van der Waals surface area contributed by atoms with Gasteiger partial charge < -0.3 is 11.1 Å². The number of nitrogens with zero attached hydrogens (tertiary/aromatic N) is 2. The molecule has 0 aliphatic rings. The molecule has 0 atom stereocenters. The van der Waals surface area contributed by atoms with Gasteiger partial charge >= 0.3 is 0 Å². The van der Waals surface area contributed by atoms with Gasteiger partial charge in [0.15, 0.2) is 0 Å². The van der Waals surface area contributed by atoms with Crippen LogP contribution in [0, 0.1) is 20.8 Å². The number of anilines is 2. The van der Waals surface area contributed by atoms with Crippen molar-refractivity contribution >= 4 is 11.4 Å². The first-order valence-electron chi connectivity index (χ1n) is 6.68. The summed E-state index contributed by atoms with van der Waals surface area (Å²) >= 11 is 0. The molecule has 0 saturated heterocycles. The van der Waals surface area contributed by atoms with Gasteiger partial charge in [-0.05, 0) is 51.0 Å². The van der Waals surface area contributed by atoms with Gasteiger partial charge in [-0.2, -0.15) is 5.10 Å². The normalized spacial score (nSPS) is 10.7. The zero-order valence-electron chi connectivity index (χ0n) is 11.9. The van der Waals surface area contributed by atoms with E-state index >= 15 is 0 Å². The standard InChI is InChI=1S/C15H22N4/c1-11-10-12(2)19(18-11)9-5-8-17-15-7-4-6-14(16)13(15)3/h4,6-7,10,17H,5,8-9,16H2,1-3H3. The van der Waals surface area contributed by atoms with Gasteiger partial charge in [0, 0.05) is 30.2 Å². The second-order valence-corrected chi connectivity index (χ2v) is 4.95. The highest BCUT2D eigenvalue weighted by atomic mass is 15.3. The predicted molar refractivity (Wildman–Crippen MR) is 80.4 cm³/mol. The lowest BCUT2D eigenvalue weighted by Crippen LogP contribution is -2.09. The summed E-state index contributed by atoms with van der Waals surface area (Å²) in [4.78, 5) is 0. The molecular formula is C15H22N4. The van der Waals surface area contributed by atoms with E-state index < -0.39 is 0 Å². The molecule has 4 heteroatoms. The number of nitrogens with two attached hydrogens (primary N) is 1. The molecule has 0 fully saturated rings. The topological polar surface area (TPSA) is 55.9 Å². The SMILES string of the molecule is Cc1cc(C)n(CCCNc2cccc(N)c2C)n1. The first-order chi connectivity index (χ1) is 9.08. The fourth-order valence-electron chi connectivity index (χ4n) is 2.20. The average molecular weight is 258 g/mol. The number of nitrogen functional groups attached to an aromatic ring is 1. The highest BCUT2D eigenvalue weighted by molar-refractivity contribution is 5.62. The Balaban J connectivity index is 1.84. The Bertz CT molecular complexity index is 557. The van der Waals surface area contributed by atoms with Gasteiger partial charge in [-0.15, -0.1) is 0 Å². The molecule has 3 N–H and O–H groups in total. The number of aromatic nitrogens is 2. The van der Waals surface area contributed by atoms with Crippen molar-refractivity contribution in [3.63, 3.8) is 0 Å². The van der Waals surface area contributed by atoms with Crippen LogP contribution in [0.1, 0.15) is 23.4 Å². The summed E-state index contributed by atoms with van der Waals surface area (Å²) in [5.74, 6) is 0. The van der Waals surface area contributed by atoms with E-state index in [0.29, 0.717) is 0 Å². The third-order valence-corrected chi connectivity index (χ3v) is 3.34. The lowest BCUT2D eigenvalue weighted by atomic mass is 10.1. The molecule has 0 unspecified atom stereocenters. The third kappa shape index (κ3) is 3.28. The minimum absolute atomic E-state index is 0.837. The lowest BCUT2D eigenvalue weighted by molar-refractivity contribution is 0.573. The Morgan fingerprint density at radius 1 is 1.26 bits per heavy atom. The van der Waals surface area contributed by atoms with Gasteiger partial charge in [-0.1, -0.05) is 6.07 Å². The zero-order valence-corrected chi connectivity index (χ0v) is 11.9. The number of hydrogen-bond donors (Lipinski definition) is 2. The first kappa shape index (κ1) is 13.5. The molecule has 1 aromatic heterocycles. The highest BCUT2D eigenvalue weighted by Gasteiger charge is 2.02. The quantitative estimate of drug-likeness (QED) is 0.640. The molecule has 2 aromatic rings. The summed E-state index contributed by atoms with van der Waals surface area (Å²) < 4.78 is 2.06. The predicted octanol–water partition coefficient (Wildman–Crippen LogP) is 2.89. The summed E-state index contributed by atoms with van der Waals surface area (Å²) in [6.45, 7) is 8.02. The van der Waals surface area contributed by atoms with E-state index in [9.17, 15) is 0 Å². The van der Waals surface area contributed by atoms with Crippen molar-refractivity contribution in [2.24, 2.45) is 0 Å². The average Bonchev–Trinajstić information content (AvgIpc) is 2.68. The second-order valence-electron chi connectivity index (χ2n) is 4.95. The maximum Gasteiger partial charge on any atom is 0.0596 e. The Morgan fingerprint density at radius 2 is 2.05 bits per heavy atom. The Labute approximate surface area is 114 Å². The monoisotopic (exact) mass is 258 g/mol. The minimum Gasteiger partial charge on any atom is -0.398 e. The molecule has 4 nitrogen and oxygen atoms in total. The number of rotatable bonds is 5. The molecule has 0 aliphatic carbocycles. The van der Waals surface area contributed by atoms with Crippen LogP contribution >= 0.6 is 0 Å². The first-order valence-corrected chi connectivity index (χ1v) is 6.68. The second kappa shape index (κ2) is 5.78. The van der Waals surface area contributed by atoms with Gasteiger partial charge in [-0.3, -0.25) is 4.68 Å². The van der Waals surface area contributed by atoms with Crippen LogP contribution in [0.5, 0.6) is 0 Å². The maximum absolute atomic E-state index is 5.88. The van der Waals surface area contributed by atoms with Gasteiger partial charge in [0.1, 0.15) is 0 Å². The van der Waals surface area contributed by atoms with E-state index in [1.165, 1.54) is 5.69 Å². The smallest absolute Gasteiger partial charge is 0.0596 e. The molecule has 0 spiro atoms. The van der Waals surface area contributed by atoms with Crippen molar-refractivity contribution in [3.05, 3.63) is 41.2 Å². The van der Waals surface area contributed by atoms with Gasteiger partial charge in [0.25, 0.3) is 0 Å². The lowest BCUT2D eigenvalue weighted by Gasteiger charge is -2.11. The molecule has 2 rings (SSSR count). The van der Waals surface area contributed by atoms with Crippen molar-refractivity contribution in [1.82, 2.24) is 9.78 Å². The summed E-state index contributed by atoms with van der Waals surface area (Å²) in [6, 6.07) is 8.08. The van der Waals surface area contributed by atoms with Crippen LogP contribution in [0.15, 0.2) is 24.3 Å². The Morgan fingerprint density at radius 3 is 2.74 bits per heavy atom. The Kier molecular flexibility index (Phi) is 4.10. The molecule has 0 amide bonds. The van der Waals surface area contributed by atoms with Crippen LogP contribution in [0.2, 0.25) is 0 Å². The fraction of sp³-hybridized carbons (Fsp3) is 0.400. The highest BCUT2D eigenvalue weighted by Crippen LogP contribution is 2.20. The van der Waals surface area contributed by atoms with E-state index in [0.717, 1.165) is 42.1 Å². The van der Waals surface area contributed by atoms with E-state index in [1.807, 2.05) is 26.0 Å². The fourth-order valence-corrected chi connectivity index (χ4v) is 2.20. The minimum atomic E-state index is 0.837. The number of nitrogens with one attached hydrogen (secondary N) is 1. The third-order valence-electron chi connectivity index (χ3n) is 3.34. The molecule has 0 aliphatic heterocycles. The van der Waals surface area contributed by atoms with Crippen molar-refractivity contribution in [2.45, 2.75) is 33.7 Å². The number of aryl methyl sites for hydroxylation is 3. The maximum atomic E-state index is 5.88. The van der Waals surface area contributed by atoms with Crippen LogP contribution in [0.3, 0.4) is 0 Å². The Hall–Kier alpha value is -1.97. The van der Waals surface area contributed by atoms with E-state index in [2.05, 4.69) is 34.2 Å². The van der Waals surface area contributed by atoms with E-state index in [1.54, 1.807) is 0 Å². The van der Waals surface area contributed by atoms with E-state index in [4.69, 9.17) is 5.73 Å². The molecule has 0 bridgehead atoms. The molecule has 1 heterocycles. The van der Waals surface area contributed by atoms with Crippen LogP contribution in [-0.4, -0.2) is 16.3 Å². The summed E-state index contributed by atoms with van der Waals surface area (Å²) in [7, 11) is 0. The van der Waals surface area contributed by atoms with Crippen LogP contribution < -0.4 is 11.1 Å². The summed E-state index contributed by atoms with van der Waals surface area (Å²) in [5.41, 5.74) is 11.3. The van der Waals surface area contributed by atoms with Gasteiger partial charge in [0.2, 0.25) is 0 Å². The summed E-state index contributed by atoms with van der Waals surface area (Å²) in [6.07, 6.45) is 1.04. The van der Waals surface area contributed by atoms with Crippen molar-refractivity contribution < 1.29 is 0 Å². The van der Waals surface area contributed by atoms with E-state index in [-0.39, 0.29) is 0 Å². The molecule has 1 aromatic carbocycles. The van der Waals surface area contributed by atoms with Crippen molar-refractivity contribution in [2.75, 3.05) is 17.6 Å².